The maximum atomic E-state index is 8.88. The number of phosphoric acid groups is 1. The Morgan fingerprint density at radius 1 is 1.10 bits per heavy atom. The van der Waals surface area contributed by atoms with Crippen LogP contribution in [0.15, 0.2) is 0 Å². The highest BCUT2D eigenvalue weighted by molar-refractivity contribution is 7.45. The summed E-state index contributed by atoms with van der Waals surface area (Å²) in [5.41, 5.74) is 0. The van der Waals surface area contributed by atoms with Crippen LogP contribution in [0, 0.1) is 0 Å². The summed E-state index contributed by atoms with van der Waals surface area (Å²) in [5.74, 6) is 0. The van der Waals surface area contributed by atoms with Crippen LogP contribution in [0.3, 0.4) is 0 Å². The molecule has 0 heterocycles. The molecule has 0 amide bonds. The third kappa shape index (κ3) is 850. The van der Waals surface area contributed by atoms with Crippen molar-refractivity contribution in [2.75, 3.05) is 0 Å². The zero-order chi connectivity index (χ0) is 8.08. The fourth-order valence-electron chi connectivity index (χ4n) is 0. The summed E-state index contributed by atoms with van der Waals surface area (Å²) in [5, 5.41) is 0. The van der Waals surface area contributed by atoms with Gasteiger partial charge in [0.1, 0.15) is 17.4 Å². The zero-order valence-corrected chi connectivity index (χ0v) is 8.89. The number of hydrogen-bond acceptors (Lipinski definition) is 2. The van der Waals surface area contributed by atoms with E-state index >= 15 is 0 Å². The monoisotopic (exact) mass is 209 g/mol. The quantitative estimate of drug-likeness (QED) is 0.220. The van der Waals surface area contributed by atoms with Crippen molar-refractivity contribution >= 4 is 33.4 Å². The second-order valence-electron chi connectivity index (χ2n) is 0.796. The lowest BCUT2D eigenvalue weighted by Gasteiger charge is -1.82. The molecule has 0 aromatic carbocycles. The predicted octanol–water partition coefficient (Wildman–Crippen LogP) is -2.48. The molecule has 0 aromatic heterocycles. The Hall–Kier alpha value is 0.792. The lowest BCUT2D eigenvalue weighted by atomic mass is 15.8. The standard InChI is InChI=1S/Al.H3O4P.H3O3P.2H/c;1-5(2,3)4;1-4(2)3;;/h;(H3,1,2,3,4);4H,(H2,1,2,3);;. The van der Waals surface area contributed by atoms with Crippen molar-refractivity contribution in [2.45, 2.75) is 0 Å². The SMILES string of the molecule is O=P(O)(O)O.O=[PH](O)O.[AlH2]. The first-order valence-corrected chi connectivity index (χ1v) is 4.30. The van der Waals surface area contributed by atoms with Crippen LogP contribution >= 0.6 is 16.1 Å². The summed E-state index contributed by atoms with van der Waals surface area (Å²) in [6, 6.07) is 0. The molecule has 0 aliphatic rings. The van der Waals surface area contributed by atoms with Gasteiger partial charge < -0.3 is 24.5 Å². The lowest BCUT2D eigenvalue weighted by molar-refractivity contribution is 0.275. The normalized spacial score (nSPS) is 9.40. The smallest absolute Gasteiger partial charge is 0.326 e. The Labute approximate surface area is 67.7 Å². The Bertz CT molecular complexity index is 111. The summed E-state index contributed by atoms with van der Waals surface area (Å²) >= 11 is 0. The average Bonchev–Trinajstić information content (AvgIpc) is 1.19. The molecule has 5 N–H and O–H groups in total. The van der Waals surface area contributed by atoms with Crippen molar-refractivity contribution < 1.29 is 33.6 Å². The second kappa shape index (κ2) is 7.89. The summed E-state index contributed by atoms with van der Waals surface area (Å²) < 4.78 is 17.6. The minimum absolute atomic E-state index is 0. The summed E-state index contributed by atoms with van der Waals surface area (Å²) in [6.07, 6.45) is 0. The van der Waals surface area contributed by atoms with Gasteiger partial charge >= 0.3 is 16.1 Å². The molecular formula is H8AlO7P2. The minimum Gasteiger partial charge on any atom is -0.326 e. The third-order valence-corrected chi connectivity index (χ3v) is 0. The number of rotatable bonds is 0. The van der Waals surface area contributed by atoms with Gasteiger partial charge in [-0.3, -0.25) is 4.57 Å². The molecule has 0 saturated heterocycles. The Morgan fingerprint density at radius 2 is 1.10 bits per heavy atom. The predicted molar refractivity (Wildman–Crippen MR) is 36.2 cm³/mol. The lowest BCUT2D eigenvalue weighted by Crippen LogP contribution is -1.66. The molecular weight excluding hydrogens is 201 g/mol. The van der Waals surface area contributed by atoms with Crippen molar-refractivity contribution in [3.05, 3.63) is 0 Å². The maximum absolute atomic E-state index is 8.88. The van der Waals surface area contributed by atoms with Crippen LogP contribution in [0.25, 0.3) is 0 Å². The summed E-state index contributed by atoms with van der Waals surface area (Å²) in [7, 11) is -7.77. The van der Waals surface area contributed by atoms with E-state index in [1.165, 1.54) is 0 Å². The highest BCUT2D eigenvalue weighted by Crippen LogP contribution is 2.25. The van der Waals surface area contributed by atoms with Crippen LogP contribution in [0.4, 0.5) is 0 Å². The van der Waals surface area contributed by atoms with Gasteiger partial charge in [-0.2, -0.15) is 0 Å². The van der Waals surface area contributed by atoms with Gasteiger partial charge in [-0.25, -0.2) is 4.57 Å². The maximum Gasteiger partial charge on any atom is 0.466 e. The van der Waals surface area contributed by atoms with E-state index in [4.69, 9.17) is 33.6 Å². The van der Waals surface area contributed by atoms with E-state index in [0.717, 1.165) is 0 Å². The van der Waals surface area contributed by atoms with Gasteiger partial charge in [0, 0.05) is 0 Å². The van der Waals surface area contributed by atoms with Crippen molar-refractivity contribution in [3.8, 4) is 0 Å². The van der Waals surface area contributed by atoms with Gasteiger partial charge in [-0.05, 0) is 0 Å². The average molecular weight is 209 g/mol. The molecule has 0 aliphatic carbocycles. The first-order valence-electron chi connectivity index (χ1n) is 1.43. The van der Waals surface area contributed by atoms with Crippen LogP contribution in [-0.2, 0) is 9.13 Å². The molecule has 0 bridgehead atoms. The molecule has 1 radical (unpaired) electrons. The molecule has 10 heavy (non-hydrogen) atoms. The second-order valence-corrected chi connectivity index (χ2v) is 2.39. The van der Waals surface area contributed by atoms with E-state index in [-0.39, 0.29) is 17.4 Å². The van der Waals surface area contributed by atoms with Crippen LogP contribution < -0.4 is 0 Å². The molecule has 0 spiro atoms. The molecule has 63 valence electrons. The highest BCUT2D eigenvalue weighted by Gasteiger charge is 2.00. The Morgan fingerprint density at radius 3 is 1.10 bits per heavy atom. The van der Waals surface area contributed by atoms with Crippen molar-refractivity contribution in [2.24, 2.45) is 0 Å². The van der Waals surface area contributed by atoms with Crippen LogP contribution in [0.2, 0.25) is 0 Å². The van der Waals surface area contributed by atoms with Gasteiger partial charge in [0.2, 0.25) is 0 Å². The van der Waals surface area contributed by atoms with Gasteiger partial charge in [0.25, 0.3) is 0 Å². The van der Waals surface area contributed by atoms with Crippen LogP contribution in [0.1, 0.15) is 0 Å². The summed E-state index contributed by atoms with van der Waals surface area (Å²) in [6.45, 7) is 0. The van der Waals surface area contributed by atoms with Crippen LogP contribution in [0.5, 0.6) is 0 Å². The molecule has 0 unspecified atom stereocenters. The zero-order valence-electron chi connectivity index (χ0n) is 5.00. The molecule has 0 fully saturated rings. The Kier molecular flexibility index (Phi) is 13.5. The molecule has 0 saturated carbocycles. The first-order chi connectivity index (χ1) is 3.73. The van der Waals surface area contributed by atoms with Crippen molar-refractivity contribution in [1.29, 1.82) is 0 Å². The van der Waals surface area contributed by atoms with E-state index in [2.05, 4.69) is 0 Å². The molecule has 0 atom stereocenters. The van der Waals surface area contributed by atoms with Gasteiger partial charge in [-0.15, -0.1) is 0 Å². The molecule has 0 rings (SSSR count). The molecule has 0 aliphatic heterocycles. The van der Waals surface area contributed by atoms with Crippen LogP contribution in [-0.4, -0.2) is 41.8 Å². The third-order valence-electron chi connectivity index (χ3n) is 0. The van der Waals surface area contributed by atoms with E-state index in [0.29, 0.717) is 0 Å². The molecule has 10 heteroatoms. The minimum atomic E-state index is -4.64. The fraction of sp³-hybridized carbons (Fsp3) is 0. The van der Waals surface area contributed by atoms with Gasteiger partial charge in [0.15, 0.2) is 0 Å². The van der Waals surface area contributed by atoms with Crippen molar-refractivity contribution in [1.82, 2.24) is 0 Å². The topological polar surface area (TPSA) is 135 Å². The van der Waals surface area contributed by atoms with E-state index in [1.54, 1.807) is 0 Å². The summed E-state index contributed by atoms with van der Waals surface area (Å²) in [4.78, 5) is 35.9. The Balaban J connectivity index is -0.0000000910. The largest absolute Gasteiger partial charge is 0.466 e. The highest BCUT2D eigenvalue weighted by atomic mass is 31.2. The fourth-order valence-corrected chi connectivity index (χ4v) is 0. The van der Waals surface area contributed by atoms with Crippen molar-refractivity contribution in [3.63, 3.8) is 0 Å². The van der Waals surface area contributed by atoms with Gasteiger partial charge in [0.05, 0.1) is 0 Å². The molecule has 7 nitrogen and oxygen atoms in total. The number of hydrogen-bond donors (Lipinski definition) is 5. The first kappa shape index (κ1) is 17.0. The van der Waals surface area contributed by atoms with Gasteiger partial charge in [-0.1, -0.05) is 0 Å². The van der Waals surface area contributed by atoms with E-state index < -0.39 is 16.1 Å². The van der Waals surface area contributed by atoms with E-state index in [9.17, 15) is 0 Å². The van der Waals surface area contributed by atoms with E-state index in [1.807, 2.05) is 0 Å². The molecule has 0 aromatic rings.